The molecule has 0 unspecified atom stereocenters. The van der Waals surface area contributed by atoms with E-state index in [1.54, 1.807) is 7.05 Å². The zero-order chi connectivity index (χ0) is 18.4. The molecule has 0 saturated carbocycles. The quantitative estimate of drug-likeness (QED) is 0.447. The van der Waals surface area contributed by atoms with Crippen LogP contribution in [0.3, 0.4) is 0 Å². The molecule has 0 aliphatic rings. The van der Waals surface area contributed by atoms with Crippen LogP contribution in [0, 0.1) is 5.21 Å². The maximum atomic E-state index is 12.1. The number of likely N-dealkylation sites (N-methyl/N-ethyl adjacent to an activating group) is 1. The molecule has 1 aromatic heterocycles. The van der Waals surface area contributed by atoms with Crippen LogP contribution < -0.4 is 9.63 Å². The monoisotopic (exact) mass is 343 g/mol. The van der Waals surface area contributed by atoms with Crippen LogP contribution in [0.4, 0.5) is 5.69 Å². The number of pyridine rings is 1. The van der Waals surface area contributed by atoms with Gasteiger partial charge in [0.15, 0.2) is 19.0 Å². The average Bonchev–Trinajstić information content (AvgIpc) is 2.60. The van der Waals surface area contributed by atoms with Crippen molar-refractivity contribution in [3.8, 4) is 0 Å². The molecule has 0 aliphatic heterocycles. The largest absolute Gasteiger partial charge is 0.619 e. The van der Waals surface area contributed by atoms with Crippen LogP contribution >= 0.6 is 0 Å². The van der Waals surface area contributed by atoms with Gasteiger partial charge in [-0.3, -0.25) is 4.79 Å². The summed E-state index contributed by atoms with van der Waals surface area (Å²) in [5, 5.41) is 10.9. The molecule has 25 heavy (non-hydrogen) atoms. The smallest absolute Gasteiger partial charge is 0.339 e. The molecule has 0 fully saturated rings. The van der Waals surface area contributed by atoms with Crippen molar-refractivity contribution in [2.45, 2.75) is 6.54 Å². The van der Waals surface area contributed by atoms with Crippen LogP contribution in [0.1, 0.15) is 15.9 Å². The lowest BCUT2D eigenvalue weighted by Crippen LogP contribution is -2.31. The predicted octanol–water partition coefficient (Wildman–Crippen LogP) is 1.20. The van der Waals surface area contributed by atoms with E-state index in [-0.39, 0.29) is 18.1 Å². The molecular weight excluding hydrogens is 322 g/mol. The molecule has 2 rings (SSSR count). The van der Waals surface area contributed by atoms with E-state index in [0.29, 0.717) is 11.3 Å². The van der Waals surface area contributed by atoms with Gasteiger partial charge in [-0.15, -0.1) is 0 Å². The average molecular weight is 343 g/mol. The summed E-state index contributed by atoms with van der Waals surface area (Å²) in [6, 6.07) is 10.5. The fourth-order valence-electron chi connectivity index (χ4n) is 2.13. The van der Waals surface area contributed by atoms with Crippen LogP contribution in [0.15, 0.2) is 48.8 Å². The summed E-state index contributed by atoms with van der Waals surface area (Å²) in [5.41, 5.74) is 2.28. The first kappa shape index (κ1) is 18.3. The van der Waals surface area contributed by atoms with Crippen LogP contribution in [0.5, 0.6) is 0 Å². The van der Waals surface area contributed by atoms with Gasteiger partial charge in [0.25, 0.3) is 5.91 Å². The molecule has 0 radical (unpaired) electrons. The highest BCUT2D eigenvalue weighted by molar-refractivity contribution is 5.91. The van der Waals surface area contributed by atoms with Gasteiger partial charge >= 0.3 is 5.97 Å². The fraction of sp³-hybridized carbons (Fsp3) is 0.278. The van der Waals surface area contributed by atoms with Crippen molar-refractivity contribution in [3.05, 3.63) is 65.1 Å². The molecule has 0 spiro atoms. The Morgan fingerprint density at radius 2 is 1.64 bits per heavy atom. The first-order valence-electron chi connectivity index (χ1n) is 7.73. The van der Waals surface area contributed by atoms with Gasteiger partial charge in [0.1, 0.15) is 0 Å². The highest BCUT2D eigenvalue weighted by Crippen LogP contribution is 2.13. The Morgan fingerprint density at radius 1 is 1.04 bits per heavy atom. The minimum atomic E-state index is -0.641. The molecule has 0 aliphatic carbocycles. The first-order valence-corrected chi connectivity index (χ1v) is 7.73. The molecular formula is C18H21N3O4. The summed E-state index contributed by atoms with van der Waals surface area (Å²) in [7, 11) is 5.57. The van der Waals surface area contributed by atoms with Gasteiger partial charge in [-0.05, 0) is 17.7 Å². The van der Waals surface area contributed by atoms with Crippen molar-refractivity contribution in [1.29, 1.82) is 0 Å². The number of carbonyl (C=O) groups is 2. The maximum absolute atomic E-state index is 12.1. The topological polar surface area (TPSA) is 76.8 Å². The Balaban J connectivity index is 1.85. The second kappa shape index (κ2) is 8.14. The zero-order valence-electron chi connectivity index (χ0n) is 14.5. The van der Waals surface area contributed by atoms with Crippen molar-refractivity contribution in [2.24, 2.45) is 0 Å². The van der Waals surface area contributed by atoms with E-state index in [1.165, 1.54) is 29.4 Å². The van der Waals surface area contributed by atoms with Crippen LogP contribution in [-0.4, -0.2) is 44.5 Å². The Morgan fingerprint density at radius 3 is 2.20 bits per heavy atom. The van der Waals surface area contributed by atoms with Gasteiger partial charge in [0, 0.05) is 45.5 Å². The lowest BCUT2D eigenvalue weighted by molar-refractivity contribution is -0.605. The van der Waals surface area contributed by atoms with E-state index in [9.17, 15) is 14.8 Å². The Kier molecular flexibility index (Phi) is 5.94. The van der Waals surface area contributed by atoms with Gasteiger partial charge in [0.2, 0.25) is 0 Å². The van der Waals surface area contributed by atoms with Crippen molar-refractivity contribution >= 4 is 17.6 Å². The molecule has 0 saturated heterocycles. The Labute approximate surface area is 146 Å². The molecule has 0 N–H and O–H groups in total. The van der Waals surface area contributed by atoms with E-state index >= 15 is 0 Å². The standard InChI is InChI=1S/C18H21N3O4/c1-19(2)16-6-4-14(5-7-16)12-20(3)17(22)13-25-18(23)15-8-10-21(24)11-9-15/h4-11H,12-13H2,1-3H3. The van der Waals surface area contributed by atoms with E-state index in [4.69, 9.17) is 4.74 Å². The van der Waals surface area contributed by atoms with E-state index < -0.39 is 5.97 Å². The van der Waals surface area contributed by atoms with Crippen LogP contribution in [0.25, 0.3) is 0 Å². The summed E-state index contributed by atoms with van der Waals surface area (Å²) >= 11 is 0. The summed E-state index contributed by atoms with van der Waals surface area (Å²) in [5.74, 6) is -0.947. The highest BCUT2D eigenvalue weighted by atomic mass is 16.5. The van der Waals surface area contributed by atoms with E-state index in [0.717, 1.165) is 11.3 Å². The second-order valence-corrected chi connectivity index (χ2v) is 5.83. The lowest BCUT2D eigenvalue weighted by Gasteiger charge is -2.18. The second-order valence-electron chi connectivity index (χ2n) is 5.83. The van der Waals surface area contributed by atoms with Crippen molar-refractivity contribution in [3.63, 3.8) is 0 Å². The van der Waals surface area contributed by atoms with E-state index in [2.05, 4.69) is 0 Å². The Bertz CT molecular complexity index is 727. The summed E-state index contributed by atoms with van der Waals surface area (Å²) in [4.78, 5) is 27.4. The number of hydrogen-bond donors (Lipinski definition) is 0. The number of carbonyl (C=O) groups excluding carboxylic acids is 2. The number of rotatable bonds is 6. The molecule has 1 heterocycles. The zero-order valence-corrected chi connectivity index (χ0v) is 14.5. The number of hydrogen-bond acceptors (Lipinski definition) is 5. The third-order valence-electron chi connectivity index (χ3n) is 3.66. The third-order valence-corrected chi connectivity index (χ3v) is 3.66. The van der Waals surface area contributed by atoms with Gasteiger partial charge < -0.3 is 19.7 Å². The molecule has 132 valence electrons. The number of anilines is 1. The SMILES string of the molecule is CN(Cc1ccc(N(C)C)cc1)C(=O)COC(=O)c1cc[n+]([O-])cc1. The highest BCUT2D eigenvalue weighted by Gasteiger charge is 2.14. The maximum Gasteiger partial charge on any atom is 0.339 e. The molecule has 0 atom stereocenters. The van der Waals surface area contributed by atoms with Gasteiger partial charge in [-0.25, -0.2) is 4.79 Å². The van der Waals surface area contributed by atoms with Crippen molar-refractivity contribution in [2.75, 3.05) is 32.6 Å². The number of esters is 1. The first-order chi connectivity index (χ1) is 11.9. The van der Waals surface area contributed by atoms with Crippen molar-refractivity contribution in [1.82, 2.24) is 4.90 Å². The fourth-order valence-corrected chi connectivity index (χ4v) is 2.13. The Hall–Kier alpha value is -3.09. The third kappa shape index (κ3) is 5.20. The van der Waals surface area contributed by atoms with Gasteiger partial charge in [0.05, 0.1) is 5.56 Å². The minimum Gasteiger partial charge on any atom is -0.619 e. The van der Waals surface area contributed by atoms with Crippen LogP contribution in [-0.2, 0) is 16.1 Å². The summed E-state index contributed by atoms with van der Waals surface area (Å²) < 4.78 is 5.56. The molecule has 7 nitrogen and oxygen atoms in total. The lowest BCUT2D eigenvalue weighted by atomic mass is 10.2. The number of ether oxygens (including phenoxy) is 1. The molecule has 7 heteroatoms. The van der Waals surface area contributed by atoms with E-state index in [1.807, 2.05) is 43.3 Å². The molecule has 0 bridgehead atoms. The molecule has 1 amide bonds. The van der Waals surface area contributed by atoms with Crippen molar-refractivity contribution < 1.29 is 19.1 Å². The summed E-state index contributed by atoms with van der Waals surface area (Å²) in [6.45, 7) is 0.0724. The normalized spacial score (nSPS) is 10.2. The van der Waals surface area contributed by atoms with Crippen LogP contribution in [0.2, 0.25) is 0 Å². The summed E-state index contributed by atoms with van der Waals surface area (Å²) in [6.07, 6.45) is 2.39. The predicted molar refractivity (Wildman–Crippen MR) is 92.9 cm³/mol. The van der Waals surface area contributed by atoms with Gasteiger partial charge in [-0.1, -0.05) is 12.1 Å². The molecule has 1 aromatic carbocycles. The number of nitrogens with zero attached hydrogens (tertiary/aromatic N) is 3. The minimum absolute atomic E-state index is 0.224. The van der Waals surface area contributed by atoms with Gasteiger partial charge in [-0.2, -0.15) is 4.73 Å². The number of benzene rings is 1. The number of amides is 1. The molecule has 2 aromatic rings. The number of aromatic nitrogens is 1.